The number of nitrogens with two attached hydrogens (primary N) is 1. The van der Waals surface area contributed by atoms with Crippen LogP contribution in [0.4, 0.5) is 5.69 Å². The van der Waals surface area contributed by atoms with Gasteiger partial charge >= 0.3 is 0 Å². The number of aryl methyl sites for hydroxylation is 1. The van der Waals surface area contributed by atoms with Crippen LogP contribution in [0.5, 0.6) is 0 Å². The van der Waals surface area contributed by atoms with Gasteiger partial charge in [-0.05, 0) is 43.0 Å². The number of rotatable bonds is 5. The summed E-state index contributed by atoms with van der Waals surface area (Å²) in [6, 6.07) is 7.92. The number of nitrogens with one attached hydrogen (secondary N) is 1. The number of pyridine rings is 1. The number of hydrogen-bond donors (Lipinski definition) is 2. The first-order valence-corrected chi connectivity index (χ1v) is 8.97. The van der Waals surface area contributed by atoms with Gasteiger partial charge in [0.2, 0.25) is 15.6 Å². The zero-order valence-corrected chi connectivity index (χ0v) is 13.6. The molecule has 0 amide bonds. The molecule has 1 aromatic carbocycles. The molecule has 0 bridgehead atoms. The van der Waals surface area contributed by atoms with Crippen molar-refractivity contribution in [1.29, 1.82) is 0 Å². The zero-order chi connectivity index (χ0) is 16.6. The molecule has 7 heteroatoms. The van der Waals surface area contributed by atoms with Gasteiger partial charge in [-0.15, -0.1) is 0 Å². The van der Waals surface area contributed by atoms with Gasteiger partial charge in [-0.3, -0.25) is 4.79 Å². The lowest BCUT2D eigenvalue weighted by Crippen LogP contribution is -2.15. The molecule has 1 aliphatic rings. The van der Waals surface area contributed by atoms with Crippen molar-refractivity contribution in [1.82, 2.24) is 4.57 Å². The van der Waals surface area contributed by atoms with Gasteiger partial charge < -0.3 is 9.88 Å². The number of sulfonamides is 1. The summed E-state index contributed by atoms with van der Waals surface area (Å²) in [5, 5.41) is 8.60. The average molecular weight is 333 g/mol. The first-order valence-electron chi connectivity index (χ1n) is 7.42. The molecule has 1 aliphatic carbocycles. The van der Waals surface area contributed by atoms with E-state index in [1.165, 1.54) is 29.5 Å². The molecule has 1 heterocycles. The molecular weight excluding hydrogens is 314 g/mol. The number of primary sulfonamides is 1. The van der Waals surface area contributed by atoms with E-state index < -0.39 is 10.0 Å². The van der Waals surface area contributed by atoms with Gasteiger partial charge in [-0.1, -0.05) is 0 Å². The van der Waals surface area contributed by atoms with Gasteiger partial charge in [0.05, 0.1) is 4.90 Å². The van der Waals surface area contributed by atoms with Crippen molar-refractivity contribution >= 4 is 15.7 Å². The predicted octanol–water partition coefficient (Wildman–Crippen LogP) is 1.52. The molecule has 6 nitrogen and oxygen atoms in total. The van der Waals surface area contributed by atoms with Crippen molar-refractivity contribution < 1.29 is 8.42 Å². The summed E-state index contributed by atoms with van der Waals surface area (Å²) in [5.41, 5.74) is 2.19. The second kappa shape index (κ2) is 5.82. The molecule has 1 saturated carbocycles. The molecule has 0 unspecified atom stereocenters. The first-order chi connectivity index (χ1) is 10.8. The normalized spacial score (nSPS) is 14.7. The van der Waals surface area contributed by atoms with Crippen LogP contribution in [0.1, 0.15) is 12.8 Å². The minimum Gasteiger partial charge on any atom is -0.384 e. The maximum Gasteiger partial charge on any atom is 0.250 e. The molecule has 0 atom stereocenters. The Morgan fingerprint density at radius 1 is 1.26 bits per heavy atom. The maximum absolute atomic E-state index is 11.6. The van der Waals surface area contributed by atoms with Crippen molar-refractivity contribution in [2.45, 2.75) is 17.7 Å². The Labute approximate surface area is 135 Å². The smallest absolute Gasteiger partial charge is 0.250 e. The number of nitrogens with zero attached hydrogens (tertiary/aromatic N) is 1. The Balaban J connectivity index is 2.08. The quantitative estimate of drug-likeness (QED) is 0.867. The lowest BCUT2D eigenvalue weighted by molar-refractivity contribution is 0.598. The fourth-order valence-electron chi connectivity index (χ4n) is 2.42. The fraction of sp³-hybridized carbons (Fsp3) is 0.312. The van der Waals surface area contributed by atoms with Crippen LogP contribution < -0.4 is 16.0 Å². The van der Waals surface area contributed by atoms with Crippen molar-refractivity contribution in [2.24, 2.45) is 18.1 Å². The van der Waals surface area contributed by atoms with Gasteiger partial charge in [0.15, 0.2) is 0 Å². The highest BCUT2D eigenvalue weighted by Gasteiger charge is 2.21. The topological polar surface area (TPSA) is 94.2 Å². The summed E-state index contributed by atoms with van der Waals surface area (Å²) in [6.07, 6.45) is 4.13. The molecular formula is C16H19N3O3S. The minimum atomic E-state index is -3.78. The summed E-state index contributed by atoms with van der Waals surface area (Å²) in [4.78, 5) is 11.6. The summed E-state index contributed by atoms with van der Waals surface area (Å²) in [5.74, 6) is 0.681. The summed E-state index contributed by atoms with van der Waals surface area (Å²) in [7, 11) is -2.12. The van der Waals surface area contributed by atoms with E-state index in [-0.39, 0.29) is 10.5 Å². The molecule has 3 N–H and O–H groups in total. The van der Waals surface area contributed by atoms with E-state index in [0.717, 1.165) is 17.8 Å². The third-order valence-electron chi connectivity index (χ3n) is 3.99. The Bertz CT molecular complexity index is 899. The van der Waals surface area contributed by atoms with Crippen molar-refractivity contribution in [3.63, 3.8) is 0 Å². The van der Waals surface area contributed by atoms with Gasteiger partial charge in [0.25, 0.3) is 0 Å². The molecule has 0 aliphatic heterocycles. The zero-order valence-electron chi connectivity index (χ0n) is 12.8. The highest BCUT2D eigenvalue weighted by molar-refractivity contribution is 7.89. The van der Waals surface area contributed by atoms with Crippen molar-refractivity contribution in [2.75, 3.05) is 11.9 Å². The van der Waals surface area contributed by atoms with E-state index in [4.69, 9.17) is 5.14 Å². The van der Waals surface area contributed by atoms with Crippen LogP contribution in [-0.4, -0.2) is 19.5 Å². The highest BCUT2D eigenvalue weighted by Crippen LogP contribution is 2.33. The Kier molecular flexibility index (Phi) is 3.99. The minimum absolute atomic E-state index is 0.0540. The molecule has 3 rings (SSSR count). The van der Waals surface area contributed by atoms with E-state index in [2.05, 4.69) is 5.32 Å². The molecule has 122 valence electrons. The highest BCUT2D eigenvalue weighted by atomic mass is 32.2. The lowest BCUT2D eigenvalue weighted by atomic mass is 10.1. The SMILES string of the molecule is Cn1cc(-c2cc(S(N)(=O)=O)ccc2NCC2CC2)ccc1=O. The molecule has 0 saturated heterocycles. The van der Waals surface area contributed by atoms with E-state index in [1.807, 2.05) is 0 Å². The van der Waals surface area contributed by atoms with Crippen LogP contribution in [0.3, 0.4) is 0 Å². The van der Waals surface area contributed by atoms with E-state index in [1.54, 1.807) is 31.4 Å². The van der Waals surface area contributed by atoms with Crippen LogP contribution in [0.15, 0.2) is 46.2 Å². The maximum atomic E-state index is 11.6. The van der Waals surface area contributed by atoms with Crippen LogP contribution >= 0.6 is 0 Å². The van der Waals surface area contributed by atoms with Crippen LogP contribution in [0.25, 0.3) is 11.1 Å². The standard InChI is InChI=1S/C16H19N3O3S/c1-19-10-12(4-7-16(19)20)14-8-13(23(17,21)22)5-6-15(14)18-9-11-2-3-11/h4-8,10-11,18H,2-3,9H2,1H3,(H2,17,21,22). The van der Waals surface area contributed by atoms with E-state index in [0.29, 0.717) is 11.5 Å². The third kappa shape index (κ3) is 3.62. The Hall–Kier alpha value is -2.12. The molecule has 23 heavy (non-hydrogen) atoms. The number of hydrogen-bond acceptors (Lipinski definition) is 4. The second-order valence-electron chi connectivity index (χ2n) is 5.94. The van der Waals surface area contributed by atoms with Gasteiger partial charge in [0, 0.05) is 42.7 Å². The summed E-state index contributed by atoms with van der Waals surface area (Å²) < 4.78 is 24.7. The Morgan fingerprint density at radius 2 is 2.00 bits per heavy atom. The second-order valence-corrected chi connectivity index (χ2v) is 7.51. The number of aromatic nitrogens is 1. The van der Waals surface area contributed by atoms with Crippen molar-refractivity contribution in [3.05, 3.63) is 46.9 Å². The van der Waals surface area contributed by atoms with Crippen LogP contribution in [0.2, 0.25) is 0 Å². The van der Waals surface area contributed by atoms with Gasteiger partial charge in [-0.25, -0.2) is 13.6 Å². The van der Waals surface area contributed by atoms with Gasteiger partial charge in [0.1, 0.15) is 0 Å². The molecule has 2 aromatic rings. The average Bonchev–Trinajstić information content (AvgIpc) is 3.31. The number of benzene rings is 1. The summed E-state index contributed by atoms with van der Waals surface area (Å²) >= 11 is 0. The molecule has 0 radical (unpaired) electrons. The van der Waals surface area contributed by atoms with Gasteiger partial charge in [-0.2, -0.15) is 0 Å². The Morgan fingerprint density at radius 3 is 2.61 bits per heavy atom. The van der Waals surface area contributed by atoms with Crippen molar-refractivity contribution in [3.8, 4) is 11.1 Å². The molecule has 0 spiro atoms. The third-order valence-corrected chi connectivity index (χ3v) is 4.91. The number of anilines is 1. The van der Waals surface area contributed by atoms with Crippen LogP contribution in [0, 0.1) is 5.92 Å². The lowest BCUT2D eigenvalue weighted by Gasteiger charge is -2.14. The predicted molar refractivity (Wildman–Crippen MR) is 89.7 cm³/mol. The largest absolute Gasteiger partial charge is 0.384 e. The van der Waals surface area contributed by atoms with E-state index in [9.17, 15) is 13.2 Å². The fourth-order valence-corrected chi connectivity index (χ4v) is 2.96. The van der Waals surface area contributed by atoms with E-state index >= 15 is 0 Å². The van der Waals surface area contributed by atoms with Crippen LogP contribution in [-0.2, 0) is 17.1 Å². The summed E-state index contributed by atoms with van der Waals surface area (Å²) in [6.45, 7) is 0.855. The molecule has 1 aromatic heterocycles. The first kappa shape index (κ1) is 15.8. The molecule has 1 fully saturated rings. The monoisotopic (exact) mass is 333 g/mol.